The lowest BCUT2D eigenvalue weighted by molar-refractivity contribution is -0.156. The lowest BCUT2D eigenvalue weighted by Gasteiger charge is -2.66. The molecule has 29 heavy (non-hydrogen) atoms. The van der Waals surface area contributed by atoms with Gasteiger partial charge in [0.25, 0.3) is 0 Å². The van der Waals surface area contributed by atoms with Crippen molar-refractivity contribution in [1.82, 2.24) is 4.90 Å². The highest BCUT2D eigenvalue weighted by Gasteiger charge is 2.61. The third kappa shape index (κ3) is 2.93. The number of aliphatic hydroxyl groups is 1. The Balaban J connectivity index is 1.59. The highest BCUT2D eigenvalue weighted by Crippen LogP contribution is 2.60. The fourth-order valence-electron chi connectivity index (χ4n) is 6.80. The predicted molar refractivity (Wildman–Crippen MR) is 116 cm³/mol. The number of nitrogens with zero attached hydrogens (tertiary/aromatic N) is 1. The molecule has 154 valence electrons. The van der Waals surface area contributed by atoms with Gasteiger partial charge in [-0.3, -0.25) is 4.90 Å². The zero-order valence-corrected chi connectivity index (χ0v) is 18.1. The van der Waals surface area contributed by atoms with E-state index in [-0.39, 0.29) is 5.41 Å². The van der Waals surface area contributed by atoms with Crippen molar-refractivity contribution in [1.29, 1.82) is 0 Å². The molecule has 5 atom stereocenters. The van der Waals surface area contributed by atoms with Gasteiger partial charge >= 0.3 is 0 Å². The van der Waals surface area contributed by atoms with Crippen molar-refractivity contribution in [2.24, 2.45) is 11.8 Å². The van der Waals surface area contributed by atoms with Crippen LogP contribution in [0.5, 0.6) is 5.75 Å². The number of piperidine rings is 2. The number of methoxy groups -OCH3 is 1. The van der Waals surface area contributed by atoms with Crippen LogP contribution in [0.4, 0.5) is 0 Å². The molecule has 1 N–H and O–H groups in total. The standard InChI is InChI=1S/C26H33NO2/c1-25(2,28)21-14-22-23-12-18-10-11-19(29-4)13-20(18)26(22,3)15-24(21)27(23)16-17-8-6-5-7-9-17/h5-11,13,21-24,28H,12,14-16H2,1-4H3/t21?,22?,23?,24?,26-/m1/s1. The van der Waals surface area contributed by atoms with Gasteiger partial charge < -0.3 is 9.84 Å². The number of hydrogen-bond donors (Lipinski definition) is 1. The first-order chi connectivity index (χ1) is 13.8. The van der Waals surface area contributed by atoms with E-state index >= 15 is 0 Å². The first kappa shape index (κ1) is 19.1. The molecule has 4 aliphatic rings. The minimum Gasteiger partial charge on any atom is -0.497 e. The molecular weight excluding hydrogens is 358 g/mol. The van der Waals surface area contributed by atoms with Crippen molar-refractivity contribution in [3.63, 3.8) is 0 Å². The van der Waals surface area contributed by atoms with E-state index in [0.29, 0.717) is 23.9 Å². The van der Waals surface area contributed by atoms with Crippen LogP contribution in [0.25, 0.3) is 0 Å². The number of rotatable bonds is 4. The van der Waals surface area contributed by atoms with Crippen molar-refractivity contribution in [2.75, 3.05) is 7.11 Å². The van der Waals surface area contributed by atoms with E-state index in [1.807, 2.05) is 13.8 Å². The van der Waals surface area contributed by atoms with Gasteiger partial charge in [-0.1, -0.05) is 43.3 Å². The lowest BCUT2D eigenvalue weighted by Crippen LogP contribution is -2.70. The second-order valence-corrected chi connectivity index (χ2v) is 10.2. The van der Waals surface area contributed by atoms with Crippen LogP contribution < -0.4 is 4.74 Å². The Bertz CT molecular complexity index is 903. The van der Waals surface area contributed by atoms with Crippen molar-refractivity contribution < 1.29 is 9.84 Å². The molecule has 2 heterocycles. The molecule has 4 bridgehead atoms. The number of ether oxygens (including phenoxy) is 1. The highest BCUT2D eigenvalue weighted by atomic mass is 16.5. The smallest absolute Gasteiger partial charge is 0.119 e. The van der Waals surface area contributed by atoms with Gasteiger partial charge in [-0.15, -0.1) is 0 Å². The molecule has 0 spiro atoms. The van der Waals surface area contributed by atoms with E-state index in [2.05, 4.69) is 60.4 Å². The van der Waals surface area contributed by atoms with Gasteiger partial charge in [0.05, 0.1) is 12.7 Å². The van der Waals surface area contributed by atoms with E-state index in [9.17, 15) is 5.11 Å². The molecule has 3 nitrogen and oxygen atoms in total. The van der Waals surface area contributed by atoms with Crippen LogP contribution in [0.3, 0.4) is 0 Å². The zero-order chi connectivity index (χ0) is 20.4. The Morgan fingerprint density at radius 1 is 1.14 bits per heavy atom. The molecule has 2 aliphatic carbocycles. The molecule has 2 aromatic rings. The quantitative estimate of drug-likeness (QED) is 0.829. The SMILES string of the molecule is COc1ccc2c(c1)[C@@]1(C)CC3C(C(C)(C)O)CC1C(C2)N3Cc1ccccc1. The van der Waals surface area contributed by atoms with Gasteiger partial charge in [0.1, 0.15) is 5.75 Å². The maximum absolute atomic E-state index is 11.0. The number of hydrogen-bond acceptors (Lipinski definition) is 3. The maximum Gasteiger partial charge on any atom is 0.119 e. The normalized spacial score (nSPS) is 33.4. The molecule has 2 aliphatic heterocycles. The Kier molecular flexibility index (Phi) is 4.34. The molecule has 0 amide bonds. The summed E-state index contributed by atoms with van der Waals surface area (Å²) >= 11 is 0. The molecule has 3 heteroatoms. The lowest BCUT2D eigenvalue weighted by atomic mass is 9.48. The molecule has 6 rings (SSSR count). The van der Waals surface area contributed by atoms with Crippen LogP contribution in [-0.4, -0.2) is 34.8 Å². The summed E-state index contributed by atoms with van der Waals surface area (Å²) in [6, 6.07) is 18.5. The summed E-state index contributed by atoms with van der Waals surface area (Å²) in [5.41, 5.74) is 3.84. The van der Waals surface area contributed by atoms with E-state index in [1.54, 1.807) is 7.11 Å². The van der Waals surface area contributed by atoms with Gasteiger partial charge in [0, 0.05) is 24.5 Å². The first-order valence-electron chi connectivity index (χ1n) is 11.0. The average Bonchev–Trinajstić information content (AvgIpc) is 2.70. The van der Waals surface area contributed by atoms with Crippen molar-refractivity contribution in [2.45, 2.75) is 69.7 Å². The minimum absolute atomic E-state index is 0.159. The first-order valence-corrected chi connectivity index (χ1v) is 11.0. The summed E-state index contributed by atoms with van der Waals surface area (Å²) in [5.74, 6) is 1.84. The highest BCUT2D eigenvalue weighted by molar-refractivity contribution is 5.46. The average molecular weight is 392 g/mol. The van der Waals surface area contributed by atoms with Crippen LogP contribution in [-0.2, 0) is 18.4 Å². The maximum atomic E-state index is 11.0. The fourth-order valence-corrected chi connectivity index (χ4v) is 6.80. The Hall–Kier alpha value is -1.84. The monoisotopic (exact) mass is 391 g/mol. The summed E-state index contributed by atoms with van der Waals surface area (Å²) < 4.78 is 5.57. The van der Waals surface area contributed by atoms with Gasteiger partial charge in [0.15, 0.2) is 0 Å². The summed E-state index contributed by atoms with van der Waals surface area (Å²) in [7, 11) is 1.76. The molecule has 0 aromatic heterocycles. The third-order valence-electron chi connectivity index (χ3n) is 8.22. The predicted octanol–water partition coefficient (Wildman–Crippen LogP) is 4.56. The topological polar surface area (TPSA) is 32.7 Å². The summed E-state index contributed by atoms with van der Waals surface area (Å²) in [4.78, 5) is 2.74. The fraction of sp³-hybridized carbons (Fsp3) is 0.538. The largest absolute Gasteiger partial charge is 0.497 e. The second-order valence-electron chi connectivity index (χ2n) is 10.2. The minimum atomic E-state index is -0.652. The number of fused-ring (bicyclic) bond motifs is 2. The summed E-state index contributed by atoms with van der Waals surface area (Å²) in [6.07, 6.45) is 3.31. The van der Waals surface area contributed by atoms with Crippen molar-refractivity contribution in [3.05, 3.63) is 65.2 Å². The van der Waals surface area contributed by atoms with Crippen molar-refractivity contribution >= 4 is 0 Å². The van der Waals surface area contributed by atoms with Gasteiger partial charge in [-0.05, 0) is 73.3 Å². The molecule has 0 radical (unpaired) electrons. The summed E-state index contributed by atoms with van der Waals surface area (Å²) in [6.45, 7) is 7.46. The van der Waals surface area contributed by atoms with Gasteiger partial charge in [-0.2, -0.15) is 0 Å². The van der Waals surface area contributed by atoms with E-state index < -0.39 is 5.60 Å². The van der Waals surface area contributed by atoms with Crippen molar-refractivity contribution in [3.8, 4) is 5.75 Å². The molecule has 3 fully saturated rings. The molecule has 1 saturated carbocycles. The van der Waals surface area contributed by atoms with E-state index in [0.717, 1.165) is 31.6 Å². The number of benzene rings is 2. The molecular formula is C26H33NO2. The van der Waals surface area contributed by atoms with Crippen LogP contribution in [0, 0.1) is 11.8 Å². The van der Waals surface area contributed by atoms with E-state index in [4.69, 9.17) is 4.74 Å². The molecule has 2 saturated heterocycles. The Labute approximate surface area is 174 Å². The van der Waals surface area contributed by atoms with Crippen LogP contribution in [0.1, 0.15) is 50.3 Å². The Morgan fingerprint density at radius 2 is 1.90 bits per heavy atom. The van der Waals surface area contributed by atoms with Gasteiger partial charge in [-0.25, -0.2) is 0 Å². The summed E-state index contributed by atoms with van der Waals surface area (Å²) in [5, 5.41) is 11.0. The molecule has 4 unspecified atom stereocenters. The second kappa shape index (κ2) is 6.58. The van der Waals surface area contributed by atoms with Crippen LogP contribution in [0.15, 0.2) is 48.5 Å². The molecule has 2 aromatic carbocycles. The third-order valence-corrected chi connectivity index (χ3v) is 8.22. The van der Waals surface area contributed by atoms with Crippen LogP contribution in [0.2, 0.25) is 0 Å². The Morgan fingerprint density at radius 3 is 2.59 bits per heavy atom. The van der Waals surface area contributed by atoms with Crippen LogP contribution >= 0.6 is 0 Å². The van der Waals surface area contributed by atoms with E-state index in [1.165, 1.54) is 16.7 Å². The van der Waals surface area contributed by atoms with Gasteiger partial charge in [0.2, 0.25) is 0 Å². The zero-order valence-electron chi connectivity index (χ0n) is 18.1.